The Hall–Kier alpha value is -1.33. The zero-order valence-electron chi connectivity index (χ0n) is 10.1. The molecular weight excluding hydrogens is 196 g/mol. The lowest BCUT2D eigenvalue weighted by Crippen LogP contribution is -2.22. The highest BCUT2D eigenvalue weighted by Crippen LogP contribution is 2.17. The molecule has 1 aromatic carbocycles. The molecule has 0 fully saturated rings. The van der Waals surface area contributed by atoms with Crippen molar-refractivity contribution < 1.29 is 0 Å². The first-order valence-electron chi connectivity index (χ1n) is 5.89. The van der Waals surface area contributed by atoms with E-state index in [1.807, 2.05) is 13.0 Å². The maximum Gasteiger partial charge on any atom is 0.0666 e. The van der Waals surface area contributed by atoms with Crippen molar-refractivity contribution in [3.63, 3.8) is 0 Å². The molecule has 16 heavy (non-hydrogen) atoms. The summed E-state index contributed by atoms with van der Waals surface area (Å²) in [5.41, 5.74) is 1.39. The van der Waals surface area contributed by atoms with Crippen LogP contribution in [-0.4, -0.2) is 13.1 Å². The summed E-state index contributed by atoms with van der Waals surface area (Å²) in [6.07, 6.45) is 1.11. The third-order valence-electron chi connectivity index (χ3n) is 2.79. The second-order valence-corrected chi connectivity index (χ2v) is 4.33. The Morgan fingerprint density at radius 1 is 1.25 bits per heavy atom. The molecule has 2 atom stereocenters. The number of nitriles is 1. The topological polar surface area (TPSA) is 35.8 Å². The van der Waals surface area contributed by atoms with Gasteiger partial charge < -0.3 is 5.32 Å². The van der Waals surface area contributed by atoms with E-state index in [2.05, 4.69) is 42.6 Å². The molecule has 0 spiro atoms. The van der Waals surface area contributed by atoms with Crippen molar-refractivity contribution in [2.45, 2.75) is 26.2 Å². The zero-order valence-corrected chi connectivity index (χ0v) is 10.1. The van der Waals surface area contributed by atoms with E-state index in [1.54, 1.807) is 0 Å². The van der Waals surface area contributed by atoms with Crippen molar-refractivity contribution in [1.29, 1.82) is 5.26 Å². The van der Waals surface area contributed by atoms with Gasteiger partial charge in [-0.25, -0.2) is 0 Å². The predicted octanol–water partition coefficient (Wildman–Crippen LogP) is 2.93. The van der Waals surface area contributed by atoms with Gasteiger partial charge in [0.05, 0.1) is 12.0 Å². The van der Waals surface area contributed by atoms with E-state index in [0.717, 1.165) is 19.5 Å². The summed E-state index contributed by atoms with van der Waals surface area (Å²) in [7, 11) is 0. The molecule has 2 nitrogen and oxygen atoms in total. The molecular formula is C14H20N2. The van der Waals surface area contributed by atoms with E-state index >= 15 is 0 Å². The van der Waals surface area contributed by atoms with Gasteiger partial charge in [-0.3, -0.25) is 0 Å². The number of hydrogen-bond donors (Lipinski definition) is 1. The van der Waals surface area contributed by atoms with E-state index in [4.69, 9.17) is 5.26 Å². The maximum atomic E-state index is 8.63. The van der Waals surface area contributed by atoms with E-state index in [-0.39, 0.29) is 5.92 Å². The standard InChI is InChI=1S/C14H20N2/c1-12(10-15)11-16-9-8-13(2)14-6-4-3-5-7-14/h3-7,12-13,16H,8-9,11H2,1-2H3/t12-,13-/m0/s1. The molecule has 0 bridgehead atoms. The van der Waals surface area contributed by atoms with Gasteiger partial charge in [-0.15, -0.1) is 0 Å². The maximum absolute atomic E-state index is 8.63. The van der Waals surface area contributed by atoms with Gasteiger partial charge in [0.2, 0.25) is 0 Å². The Morgan fingerprint density at radius 2 is 1.94 bits per heavy atom. The van der Waals surface area contributed by atoms with Gasteiger partial charge in [-0.1, -0.05) is 37.3 Å². The molecule has 1 rings (SSSR count). The van der Waals surface area contributed by atoms with Crippen molar-refractivity contribution >= 4 is 0 Å². The van der Waals surface area contributed by atoms with Crippen LogP contribution in [-0.2, 0) is 0 Å². The van der Waals surface area contributed by atoms with Crippen LogP contribution in [0.5, 0.6) is 0 Å². The summed E-state index contributed by atoms with van der Waals surface area (Å²) < 4.78 is 0. The molecule has 0 aliphatic carbocycles. The first kappa shape index (κ1) is 12.7. The van der Waals surface area contributed by atoms with Crippen LogP contribution < -0.4 is 5.32 Å². The van der Waals surface area contributed by atoms with Gasteiger partial charge in [0.1, 0.15) is 0 Å². The number of hydrogen-bond acceptors (Lipinski definition) is 2. The summed E-state index contributed by atoms with van der Waals surface area (Å²) in [5, 5.41) is 11.9. The average Bonchev–Trinajstić information content (AvgIpc) is 2.35. The minimum Gasteiger partial charge on any atom is -0.315 e. The van der Waals surface area contributed by atoms with Crippen LogP contribution in [0, 0.1) is 17.2 Å². The molecule has 0 heterocycles. The summed E-state index contributed by atoms with van der Waals surface area (Å²) in [6, 6.07) is 12.8. The molecule has 0 saturated carbocycles. The van der Waals surface area contributed by atoms with Crippen molar-refractivity contribution in [2.24, 2.45) is 5.92 Å². The summed E-state index contributed by atoms with van der Waals surface area (Å²) in [6.45, 7) is 5.94. The molecule has 2 heteroatoms. The Bertz CT molecular complexity index is 326. The molecule has 0 radical (unpaired) electrons. The lowest BCUT2D eigenvalue weighted by atomic mass is 9.98. The predicted molar refractivity (Wildman–Crippen MR) is 67.1 cm³/mol. The molecule has 0 aromatic heterocycles. The fraction of sp³-hybridized carbons (Fsp3) is 0.500. The van der Waals surface area contributed by atoms with Crippen LogP contribution in [0.15, 0.2) is 30.3 Å². The van der Waals surface area contributed by atoms with Crippen LogP contribution in [0.3, 0.4) is 0 Å². The molecule has 0 aliphatic heterocycles. The van der Waals surface area contributed by atoms with E-state index < -0.39 is 0 Å². The quantitative estimate of drug-likeness (QED) is 0.742. The van der Waals surface area contributed by atoms with Crippen LogP contribution in [0.1, 0.15) is 31.7 Å². The molecule has 0 amide bonds. The van der Waals surface area contributed by atoms with Crippen LogP contribution >= 0.6 is 0 Å². The molecule has 0 saturated heterocycles. The molecule has 1 aromatic rings. The normalized spacial score (nSPS) is 14.1. The fourth-order valence-corrected chi connectivity index (χ4v) is 1.63. The summed E-state index contributed by atoms with van der Waals surface area (Å²) >= 11 is 0. The average molecular weight is 216 g/mol. The Kier molecular flexibility index (Phi) is 5.60. The van der Waals surface area contributed by atoms with Crippen LogP contribution in [0.25, 0.3) is 0 Å². The third-order valence-corrected chi connectivity index (χ3v) is 2.79. The number of nitrogens with zero attached hydrogens (tertiary/aromatic N) is 1. The minimum absolute atomic E-state index is 0.104. The van der Waals surface area contributed by atoms with Crippen molar-refractivity contribution in [3.05, 3.63) is 35.9 Å². The summed E-state index contributed by atoms with van der Waals surface area (Å²) in [4.78, 5) is 0. The van der Waals surface area contributed by atoms with E-state index in [1.165, 1.54) is 5.56 Å². The van der Waals surface area contributed by atoms with Crippen molar-refractivity contribution in [2.75, 3.05) is 13.1 Å². The summed E-state index contributed by atoms with van der Waals surface area (Å²) in [5.74, 6) is 0.679. The zero-order chi connectivity index (χ0) is 11.8. The van der Waals surface area contributed by atoms with Gasteiger partial charge in [0.25, 0.3) is 0 Å². The van der Waals surface area contributed by atoms with Gasteiger partial charge in [-0.05, 0) is 31.4 Å². The fourth-order valence-electron chi connectivity index (χ4n) is 1.63. The smallest absolute Gasteiger partial charge is 0.0666 e. The highest BCUT2D eigenvalue weighted by Gasteiger charge is 2.04. The van der Waals surface area contributed by atoms with Gasteiger partial charge in [0, 0.05) is 6.54 Å². The number of rotatable bonds is 6. The Labute approximate surface area is 98.3 Å². The second kappa shape index (κ2) is 7.03. The minimum atomic E-state index is 0.104. The Morgan fingerprint density at radius 3 is 2.56 bits per heavy atom. The van der Waals surface area contributed by atoms with Crippen LogP contribution in [0.4, 0.5) is 0 Å². The van der Waals surface area contributed by atoms with E-state index in [0.29, 0.717) is 5.92 Å². The van der Waals surface area contributed by atoms with Gasteiger partial charge >= 0.3 is 0 Å². The largest absolute Gasteiger partial charge is 0.315 e. The van der Waals surface area contributed by atoms with Gasteiger partial charge in [-0.2, -0.15) is 5.26 Å². The third kappa shape index (κ3) is 4.46. The first-order chi connectivity index (χ1) is 7.74. The van der Waals surface area contributed by atoms with Gasteiger partial charge in [0.15, 0.2) is 0 Å². The molecule has 0 unspecified atom stereocenters. The monoisotopic (exact) mass is 216 g/mol. The van der Waals surface area contributed by atoms with E-state index in [9.17, 15) is 0 Å². The molecule has 0 aliphatic rings. The SMILES string of the molecule is C[C@@H](C#N)CNCC[C@H](C)c1ccccc1. The van der Waals surface area contributed by atoms with Crippen LogP contribution in [0.2, 0.25) is 0 Å². The number of benzene rings is 1. The van der Waals surface area contributed by atoms with Crippen molar-refractivity contribution in [1.82, 2.24) is 5.32 Å². The lowest BCUT2D eigenvalue weighted by molar-refractivity contribution is 0.556. The van der Waals surface area contributed by atoms with Crippen molar-refractivity contribution in [3.8, 4) is 6.07 Å². The lowest BCUT2D eigenvalue weighted by Gasteiger charge is -2.12. The number of nitrogens with one attached hydrogen (secondary N) is 1. The second-order valence-electron chi connectivity index (χ2n) is 4.33. The molecule has 1 N–H and O–H groups in total. The highest BCUT2D eigenvalue weighted by atomic mass is 14.8. The Balaban J connectivity index is 2.21. The highest BCUT2D eigenvalue weighted by molar-refractivity contribution is 5.18. The first-order valence-corrected chi connectivity index (χ1v) is 5.89. The molecule has 86 valence electrons.